The van der Waals surface area contributed by atoms with Crippen LogP contribution >= 0.6 is 11.6 Å². The van der Waals surface area contributed by atoms with Crippen molar-refractivity contribution in [3.05, 3.63) is 68.7 Å². The van der Waals surface area contributed by atoms with Crippen molar-refractivity contribution in [1.29, 1.82) is 0 Å². The van der Waals surface area contributed by atoms with Gasteiger partial charge in [-0.15, -0.1) is 0 Å². The lowest BCUT2D eigenvalue weighted by Gasteiger charge is -2.08. The molecule has 7 heteroatoms. The third kappa shape index (κ3) is 4.20. The maximum atomic E-state index is 11.8. The Bertz CT molecular complexity index is 702. The van der Waals surface area contributed by atoms with Crippen LogP contribution in [-0.4, -0.2) is 11.0 Å². The maximum Gasteiger partial charge on any atom is 0.319 e. The smallest absolute Gasteiger partial charge is 0.319 e. The van der Waals surface area contributed by atoms with Crippen LogP contribution in [0.2, 0.25) is 5.02 Å². The number of amides is 2. The molecule has 0 spiro atoms. The number of halogens is 1. The molecule has 0 atom stereocenters. The van der Waals surface area contributed by atoms with Crippen LogP contribution in [0.25, 0.3) is 0 Å². The lowest BCUT2D eigenvalue weighted by molar-refractivity contribution is -0.385. The fraction of sp³-hybridized carbons (Fsp3) is 0.133. The van der Waals surface area contributed by atoms with Crippen molar-refractivity contribution in [1.82, 2.24) is 5.32 Å². The predicted molar refractivity (Wildman–Crippen MR) is 85.1 cm³/mol. The summed E-state index contributed by atoms with van der Waals surface area (Å²) in [6.07, 6.45) is 0. The van der Waals surface area contributed by atoms with Gasteiger partial charge >= 0.3 is 6.03 Å². The lowest BCUT2D eigenvalue weighted by atomic mass is 10.2. The Morgan fingerprint density at radius 2 is 1.91 bits per heavy atom. The highest BCUT2D eigenvalue weighted by Crippen LogP contribution is 2.21. The van der Waals surface area contributed by atoms with Crippen LogP contribution < -0.4 is 10.6 Å². The van der Waals surface area contributed by atoms with Crippen molar-refractivity contribution in [3.8, 4) is 0 Å². The van der Waals surface area contributed by atoms with Crippen LogP contribution in [-0.2, 0) is 6.54 Å². The van der Waals surface area contributed by atoms with Crippen molar-refractivity contribution in [2.75, 3.05) is 5.32 Å². The second kappa shape index (κ2) is 6.91. The highest BCUT2D eigenvalue weighted by Gasteiger charge is 2.11. The van der Waals surface area contributed by atoms with Crippen molar-refractivity contribution in [3.63, 3.8) is 0 Å². The first-order chi connectivity index (χ1) is 10.5. The van der Waals surface area contributed by atoms with Gasteiger partial charge in [0.15, 0.2) is 0 Å². The number of carbonyl (C=O) groups excluding carboxylic acids is 1. The number of aryl methyl sites for hydroxylation is 1. The summed E-state index contributed by atoms with van der Waals surface area (Å²) in [5.41, 5.74) is 1.92. The van der Waals surface area contributed by atoms with E-state index in [9.17, 15) is 14.9 Å². The first-order valence-electron chi connectivity index (χ1n) is 6.50. The molecule has 6 nitrogen and oxygen atoms in total. The zero-order chi connectivity index (χ0) is 16.1. The van der Waals surface area contributed by atoms with Crippen LogP contribution in [0.4, 0.5) is 16.2 Å². The summed E-state index contributed by atoms with van der Waals surface area (Å²) < 4.78 is 0. The van der Waals surface area contributed by atoms with E-state index in [0.29, 0.717) is 22.8 Å². The fourth-order valence-electron chi connectivity index (χ4n) is 1.90. The number of anilines is 1. The van der Waals surface area contributed by atoms with E-state index in [-0.39, 0.29) is 11.7 Å². The van der Waals surface area contributed by atoms with Gasteiger partial charge in [0.25, 0.3) is 5.69 Å². The zero-order valence-electron chi connectivity index (χ0n) is 11.8. The summed E-state index contributed by atoms with van der Waals surface area (Å²) in [5.74, 6) is 0. The van der Waals surface area contributed by atoms with E-state index in [2.05, 4.69) is 10.6 Å². The largest absolute Gasteiger partial charge is 0.334 e. The molecule has 22 heavy (non-hydrogen) atoms. The number of nitrogens with zero attached hydrogens (tertiary/aromatic N) is 1. The van der Waals surface area contributed by atoms with E-state index in [0.717, 1.165) is 5.56 Å². The molecule has 0 aliphatic rings. The van der Waals surface area contributed by atoms with Crippen molar-refractivity contribution < 1.29 is 9.72 Å². The molecule has 0 fully saturated rings. The molecular formula is C15H14ClN3O3. The lowest BCUT2D eigenvalue weighted by Crippen LogP contribution is -2.28. The maximum absolute atomic E-state index is 11.8. The highest BCUT2D eigenvalue weighted by molar-refractivity contribution is 6.30. The van der Waals surface area contributed by atoms with Gasteiger partial charge in [-0.25, -0.2) is 4.79 Å². The van der Waals surface area contributed by atoms with Crippen molar-refractivity contribution >= 4 is 29.0 Å². The van der Waals surface area contributed by atoms with Gasteiger partial charge in [-0.2, -0.15) is 0 Å². The Kier molecular flexibility index (Phi) is 4.95. The number of hydrogen-bond donors (Lipinski definition) is 2. The molecule has 0 aliphatic heterocycles. The van der Waals surface area contributed by atoms with Crippen LogP contribution in [0.15, 0.2) is 42.5 Å². The number of nitro benzene ring substituents is 1. The molecule has 2 rings (SSSR count). The Morgan fingerprint density at radius 1 is 1.23 bits per heavy atom. The molecule has 114 valence electrons. The van der Waals surface area contributed by atoms with Crippen LogP contribution in [0.5, 0.6) is 0 Å². The first kappa shape index (κ1) is 15.8. The number of hydrogen-bond acceptors (Lipinski definition) is 3. The number of nitrogens with one attached hydrogen (secondary N) is 2. The van der Waals surface area contributed by atoms with Gasteiger partial charge in [-0.05, 0) is 36.8 Å². The van der Waals surface area contributed by atoms with Gasteiger partial charge < -0.3 is 10.6 Å². The summed E-state index contributed by atoms with van der Waals surface area (Å²) >= 11 is 5.78. The molecule has 0 aromatic heterocycles. The Labute approximate surface area is 132 Å². The van der Waals surface area contributed by atoms with Crippen molar-refractivity contribution in [2.24, 2.45) is 0 Å². The summed E-state index contributed by atoms with van der Waals surface area (Å²) in [6.45, 7) is 1.98. The van der Waals surface area contributed by atoms with E-state index < -0.39 is 4.92 Å². The average Bonchev–Trinajstić information content (AvgIpc) is 2.46. The second-order valence-electron chi connectivity index (χ2n) is 4.69. The summed E-state index contributed by atoms with van der Waals surface area (Å²) in [7, 11) is 0. The third-order valence-electron chi connectivity index (χ3n) is 3.02. The highest BCUT2D eigenvalue weighted by atomic mass is 35.5. The third-order valence-corrected chi connectivity index (χ3v) is 3.27. The molecule has 0 heterocycles. The van der Waals surface area contributed by atoms with E-state index in [1.54, 1.807) is 25.1 Å². The van der Waals surface area contributed by atoms with Gasteiger partial charge in [0.1, 0.15) is 0 Å². The van der Waals surface area contributed by atoms with Gasteiger partial charge in [0.2, 0.25) is 0 Å². The van der Waals surface area contributed by atoms with Gasteiger partial charge in [0, 0.05) is 28.9 Å². The monoisotopic (exact) mass is 319 g/mol. The summed E-state index contributed by atoms with van der Waals surface area (Å²) in [4.78, 5) is 22.1. The molecule has 0 saturated carbocycles. The van der Waals surface area contributed by atoms with Gasteiger partial charge in [-0.3, -0.25) is 10.1 Å². The molecule has 0 bridgehead atoms. The first-order valence-corrected chi connectivity index (χ1v) is 6.88. The predicted octanol–water partition coefficient (Wildman–Crippen LogP) is 3.88. The Morgan fingerprint density at radius 3 is 2.50 bits per heavy atom. The standard InChI is InChI=1S/C15H14ClN3O3/c1-10-8-13(6-7-14(10)19(21)22)18-15(20)17-9-11-2-4-12(16)5-3-11/h2-8H,9H2,1H3,(H2,17,18,20). The fourth-order valence-corrected chi connectivity index (χ4v) is 2.02. The molecule has 2 aromatic rings. The van der Waals surface area contributed by atoms with Crippen LogP contribution in [0, 0.1) is 17.0 Å². The molecule has 0 aliphatic carbocycles. The second-order valence-corrected chi connectivity index (χ2v) is 5.13. The zero-order valence-corrected chi connectivity index (χ0v) is 12.6. The topological polar surface area (TPSA) is 84.3 Å². The van der Waals surface area contributed by atoms with Crippen LogP contribution in [0.3, 0.4) is 0 Å². The minimum atomic E-state index is -0.459. The molecule has 0 unspecified atom stereocenters. The Hall–Kier alpha value is -2.60. The van der Waals surface area contributed by atoms with Crippen molar-refractivity contribution in [2.45, 2.75) is 13.5 Å². The molecule has 2 N–H and O–H groups in total. The van der Waals surface area contributed by atoms with Gasteiger partial charge in [0.05, 0.1) is 4.92 Å². The van der Waals surface area contributed by atoms with E-state index >= 15 is 0 Å². The summed E-state index contributed by atoms with van der Waals surface area (Å²) in [6, 6.07) is 11.2. The SMILES string of the molecule is Cc1cc(NC(=O)NCc2ccc(Cl)cc2)ccc1[N+](=O)[O-]. The number of rotatable bonds is 4. The van der Waals surface area contributed by atoms with E-state index in [1.165, 1.54) is 12.1 Å². The normalized spacial score (nSPS) is 10.1. The minimum Gasteiger partial charge on any atom is -0.334 e. The molecule has 0 saturated heterocycles. The minimum absolute atomic E-state index is 0.0205. The van der Waals surface area contributed by atoms with Crippen LogP contribution in [0.1, 0.15) is 11.1 Å². The average molecular weight is 320 g/mol. The van der Waals surface area contributed by atoms with E-state index in [4.69, 9.17) is 11.6 Å². The molecular weight excluding hydrogens is 306 g/mol. The van der Waals surface area contributed by atoms with Gasteiger partial charge in [-0.1, -0.05) is 23.7 Å². The Balaban J connectivity index is 1.93. The number of nitro groups is 1. The molecule has 2 amide bonds. The quantitative estimate of drug-likeness (QED) is 0.662. The number of benzene rings is 2. The number of carbonyl (C=O) groups is 1. The number of urea groups is 1. The molecule has 0 radical (unpaired) electrons. The molecule has 2 aromatic carbocycles. The summed E-state index contributed by atoms with van der Waals surface area (Å²) in [5, 5.41) is 16.7. The van der Waals surface area contributed by atoms with E-state index in [1.807, 2.05) is 12.1 Å².